The largest absolute Gasteiger partial charge is 0.445 e. The molecule has 0 bridgehead atoms. The van der Waals surface area contributed by atoms with E-state index in [1.165, 1.54) is 0 Å². The molecule has 1 aromatic heterocycles. The Bertz CT molecular complexity index is 907. The molecule has 0 fully saturated rings. The van der Waals surface area contributed by atoms with E-state index in [1.54, 1.807) is 25.4 Å². The molecule has 0 unspecified atom stereocenters. The summed E-state index contributed by atoms with van der Waals surface area (Å²) in [5.41, 5.74) is 1.55. The third-order valence-electron chi connectivity index (χ3n) is 3.88. The number of carbonyl (C=O) groups is 2. The first kappa shape index (κ1) is 17.4. The van der Waals surface area contributed by atoms with Crippen molar-refractivity contribution in [2.45, 2.75) is 19.6 Å². The second-order valence-electron chi connectivity index (χ2n) is 5.82. The van der Waals surface area contributed by atoms with Crippen LogP contribution in [-0.4, -0.2) is 23.0 Å². The Labute approximate surface area is 151 Å². The van der Waals surface area contributed by atoms with Gasteiger partial charge in [-0.2, -0.15) is 0 Å². The number of ether oxygens (including phenoxy) is 1. The summed E-state index contributed by atoms with van der Waals surface area (Å²) in [5, 5.41) is 7.17. The van der Waals surface area contributed by atoms with Crippen molar-refractivity contribution in [3.63, 3.8) is 0 Å². The maximum absolute atomic E-state index is 12.4. The number of rotatable bonds is 5. The van der Waals surface area contributed by atoms with E-state index in [4.69, 9.17) is 4.74 Å². The van der Waals surface area contributed by atoms with Gasteiger partial charge in [-0.25, -0.2) is 4.79 Å². The number of anilines is 1. The van der Waals surface area contributed by atoms with E-state index < -0.39 is 12.1 Å². The Morgan fingerprint density at radius 2 is 1.88 bits per heavy atom. The summed E-state index contributed by atoms with van der Waals surface area (Å²) in [6, 6.07) is 16.0. The van der Waals surface area contributed by atoms with Crippen LogP contribution < -0.4 is 10.6 Å². The summed E-state index contributed by atoms with van der Waals surface area (Å²) in [6.45, 7) is 1.75. The lowest BCUT2D eigenvalue weighted by Crippen LogP contribution is -2.41. The molecule has 2 amide bonds. The number of pyridine rings is 1. The van der Waals surface area contributed by atoms with E-state index in [9.17, 15) is 9.59 Å². The van der Waals surface area contributed by atoms with E-state index >= 15 is 0 Å². The molecule has 2 N–H and O–H groups in total. The van der Waals surface area contributed by atoms with Crippen molar-refractivity contribution in [2.24, 2.45) is 0 Å². The van der Waals surface area contributed by atoms with Crippen LogP contribution in [0.25, 0.3) is 10.8 Å². The van der Waals surface area contributed by atoms with E-state index in [0.717, 1.165) is 16.3 Å². The van der Waals surface area contributed by atoms with Crippen LogP contribution in [-0.2, 0) is 16.1 Å². The summed E-state index contributed by atoms with van der Waals surface area (Å²) >= 11 is 0. The zero-order valence-corrected chi connectivity index (χ0v) is 14.3. The molecular formula is C20H19N3O3. The van der Waals surface area contributed by atoms with E-state index in [1.807, 2.05) is 48.5 Å². The second-order valence-corrected chi connectivity index (χ2v) is 5.82. The van der Waals surface area contributed by atoms with Gasteiger partial charge >= 0.3 is 6.09 Å². The van der Waals surface area contributed by atoms with Crippen molar-refractivity contribution < 1.29 is 14.3 Å². The standard InChI is InChI=1S/C20H19N3O3/c1-14(22-20(25)26-13-15-6-3-2-4-7-15)19(24)23-18-9-5-8-16-12-21-11-10-17(16)18/h2-12,14H,13H2,1H3,(H,22,25)(H,23,24)/t14-/m1/s1. The van der Waals surface area contributed by atoms with Crippen molar-refractivity contribution in [2.75, 3.05) is 5.32 Å². The molecular weight excluding hydrogens is 330 g/mol. The number of hydrogen-bond donors (Lipinski definition) is 2. The molecule has 3 aromatic rings. The minimum Gasteiger partial charge on any atom is -0.445 e. The summed E-state index contributed by atoms with van der Waals surface area (Å²) in [5.74, 6) is -0.328. The predicted octanol–water partition coefficient (Wildman–Crippen LogP) is 3.49. The van der Waals surface area contributed by atoms with Crippen molar-refractivity contribution in [1.82, 2.24) is 10.3 Å². The van der Waals surface area contributed by atoms with Crippen molar-refractivity contribution >= 4 is 28.5 Å². The van der Waals surface area contributed by atoms with Crippen LogP contribution in [0.2, 0.25) is 0 Å². The van der Waals surface area contributed by atoms with Gasteiger partial charge in [0.1, 0.15) is 12.6 Å². The third kappa shape index (κ3) is 4.36. The molecule has 3 rings (SSSR count). The number of amides is 2. The fourth-order valence-electron chi connectivity index (χ4n) is 2.48. The number of fused-ring (bicyclic) bond motifs is 1. The molecule has 1 atom stereocenters. The lowest BCUT2D eigenvalue weighted by Gasteiger charge is -2.15. The van der Waals surface area contributed by atoms with Gasteiger partial charge in [-0.3, -0.25) is 9.78 Å². The Balaban J connectivity index is 1.56. The summed E-state index contributed by atoms with van der Waals surface area (Å²) in [6.07, 6.45) is 2.76. The number of nitrogens with one attached hydrogen (secondary N) is 2. The monoisotopic (exact) mass is 349 g/mol. The molecule has 6 heteroatoms. The normalized spacial score (nSPS) is 11.6. The highest BCUT2D eigenvalue weighted by Crippen LogP contribution is 2.22. The van der Waals surface area contributed by atoms with Gasteiger partial charge in [0, 0.05) is 28.9 Å². The number of benzene rings is 2. The van der Waals surface area contributed by atoms with Crippen LogP contribution in [0.15, 0.2) is 67.0 Å². The summed E-state index contributed by atoms with van der Waals surface area (Å²) in [7, 11) is 0. The highest BCUT2D eigenvalue weighted by molar-refractivity contribution is 6.04. The number of nitrogens with zero attached hydrogens (tertiary/aromatic N) is 1. The quantitative estimate of drug-likeness (QED) is 0.739. The van der Waals surface area contributed by atoms with Crippen LogP contribution in [0.1, 0.15) is 12.5 Å². The maximum Gasteiger partial charge on any atom is 0.408 e. The topological polar surface area (TPSA) is 80.3 Å². The molecule has 132 valence electrons. The number of hydrogen-bond acceptors (Lipinski definition) is 4. The lowest BCUT2D eigenvalue weighted by molar-refractivity contribution is -0.117. The van der Waals surface area contributed by atoms with Gasteiger partial charge < -0.3 is 15.4 Å². The molecule has 6 nitrogen and oxygen atoms in total. The first-order valence-electron chi connectivity index (χ1n) is 8.24. The van der Waals surface area contributed by atoms with Gasteiger partial charge in [0.25, 0.3) is 0 Å². The molecule has 0 radical (unpaired) electrons. The first-order chi connectivity index (χ1) is 12.6. The molecule has 0 saturated carbocycles. The average Bonchev–Trinajstić information content (AvgIpc) is 2.67. The highest BCUT2D eigenvalue weighted by Gasteiger charge is 2.17. The van der Waals surface area contributed by atoms with E-state index in [-0.39, 0.29) is 12.5 Å². The van der Waals surface area contributed by atoms with Crippen LogP contribution >= 0.6 is 0 Å². The fraction of sp³-hybridized carbons (Fsp3) is 0.150. The zero-order chi connectivity index (χ0) is 18.4. The minimum atomic E-state index is -0.740. The van der Waals surface area contributed by atoms with E-state index in [0.29, 0.717) is 5.69 Å². The molecule has 0 aliphatic heterocycles. The zero-order valence-electron chi connectivity index (χ0n) is 14.3. The molecule has 0 spiro atoms. The summed E-state index contributed by atoms with van der Waals surface area (Å²) in [4.78, 5) is 28.3. The SMILES string of the molecule is C[C@@H](NC(=O)OCc1ccccc1)C(=O)Nc1cccc2cnccc12. The molecule has 0 saturated heterocycles. The van der Waals surface area contributed by atoms with Gasteiger partial charge in [-0.15, -0.1) is 0 Å². The van der Waals surface area contributed by atoms with Crippen molar-refractivity contribution in [3.8, 4) is 0 Å². The van der Waals surface area contributed by atoms with Crippen LogP contribution in [0, 0.1) is 0 Å². The highest BCUT2D eigenvalue weighted by atomic mass is 16.5. The molecule has 2 aromatic carbocycles. The molecule has 1 heterocycles. The van der Waals surface area contributed by atoms with Gasteiger partial charge in [0.2, 0.25) is 5.91 Å². The Hall–Kier alpha value is -3.41. The number of carbonyl (C=O) groups excluding carboxylic acids is 2. The van der Waals surface area contributed by atoms with Crippen LogP contribution in [0.5, 0.6) is 0 Å². The summed E-state index contributed by atoms with van der Waals surface area (Å²) < 4.78 is 5.13. The van der Waals surface area contributed by atoms with Crippen molar-refractivity contribution in [3.05, 3.63) is 72.6 Å². The average molecular weight is 349 g/mol. The smallest absolute Gasteiger partial charge is 0.408 e. The van der Waals surface area contributed by atoms with Gasteiger partial charge in [0.15, 0.2) is 0 Å². The van der Waals surface area contributed by atoms with Crippen LogP contribution in [0.4, 0.5) is 10.5 Å². The first-order valence-corrected chi connectivity index (χ1v) is 8.24. The number of aromatic nitrogens is 1. The predicted molar refractivity (Wildman–Crippen MR) is 99.6 cm³/mol. The Morgan fingerprint density at radius 1 is 1.08 bits per heavy atom. The third-order valence-corrected chi connectivity index (χ3v) is 3.88. The van der Waals surface area contributed by atoms with E-state index in [2.05, 4.69) is 15.6 Å². The molecule has 0 aliphatic rings. The maximum atomic E-state index is 12.4. The lowest BCUT2D eigenvalue weighted by atomic mass is 10.1. The number of alkyl carbamates (subject to hydrolysis) is 1. The molecule has 0 aliphatic carbocycles. The van der Waals surface area contributed by atoms with Gasteiger partial charge in [-0.1, -0.05) is 42.5 Å². The Morgan fingerprint density at radius 3 is 2.69 bits per heavy atom. The van der Waals surface area contributed by atoms with Gasteiger partial charge in [-0.05, 0) is 24.6 Å². The van der Waals surface area contributed by atoms with Crippen LogP contribution in [0.3, 0.4) is 0 Å². The minimum absolute atomic E-state index is 0.150. The Kier molecular flexibility index (Phi) is 5.43. The van der Waals surface area contributed by atoms with Crippen molar-refractivity contribution in [1.29, 1.82) is 0 Å². The van der Waals surface area contributed by atoms with Gasteiger partial charge in [0.05, 0.1) is 0 Å². The molecule has 26 heavy (non-hydrogen) atoms. The fourth-order valence-corrected chi connectivity index (χ4v) is 2.48. The second kappa shape index (κ2) is 8.11.